The normalized spacial score (nSPS) is 22.3. The lowest BCUT2D eigenvalue weighted by atomic mass is 9.82. The largest absolute Gasteiger partial charge is 0.330 e. The number of benzene rings is 1. The Morgan fingerprint density at radius 3 is 2.26 bits per heavy atom. The van der Waals surface area contributed by atoms with Crippen LogP contribution in [0.25, 0.3) is 0 Å². The number of imide groups is 1. The van der Waals surface area contributed by atoms with Crippen LogP contribution in [0, 0.1) is 20.8 Å². The molecule has 1 saturated heterocycles. The SMILES string of the molecule is Cc1cc(C)c(C2(CCN)NC(=O)NC2=O)cc1C. The zero-order valence-electron chi connectivity index (χ0n) is 11.5. The molecule has 1 aliphatic heterocycles. The summed E-state index contributed by atoms with van der Waals surface area (Å²) in [5.41, 5.74) is 8.65. The second-order valence-corrected chi connectivity index (χ2v) is 5.10. The van der Waals surface area contributed by atoms with Crippen LogP contribution < -0.4 is 16.4 Å². The molecule has 1 heterocycles. The molecule has 5 heteroatoms. The Kier molecular flexibility index (Phi) is 3.32. The molecular weight excluding hydrogens is 242 g/mol. The predicted octanol–water partition coefficient (Wildman–Crippen LogP) is 0.995. The highest BCUT2D eigenvalue weighted by molar-refractivity contribution is 6.07. The molecule has 1 aromatic rings. The quantitative estimate of drug-likeness (QED) is 0.710. The van der Waals surface area contributed by atoms with Gasteiger partial charge in [-0.1, -0.05) is 12.1 Å². The second-order valence-electron chi connectivity index (χ2n) is 5.10. The third-order valence-electron chi connectivity index (χ3n) is 3.76. The molecule has 1 fully saturated rings. The fraction of sp³-hybridized carbons (Fsp3) is 0.429. The lowest BCUT2D eigenvalue weighted by Gasteiger charge is -2.28. The third kappa shape index (κ3) is 2.10. The number of carbonyl (C=O) groups is 2. The number of carbonyl (C=O) groups excluding carboxylic acids is 2. The summed E-state index contributed by atoms with van der Waals surface area (Å²) in [4.78, 5) is 23.7. The van der Waals surface area contributed by atoms with Crippen molar-refractivity contribution in [3.63, 3.8) is 0 Å². The molecule has 1 aliphatic rings. The van der Waals surface area contributed by atoms with Crippen molar-refractivity contribution in [1.29, 1.82) is 0 Å². The van der Waals surface area contributed by atoms with Crippen LogP contribution in [0.1, 0.15) is 28.7 Å². The molecule has 0 saturated carbocycles. The Morgan fingerprint density at radius 2 is 1.74 bits per heavy atom. The average molecular weight is 261 g/mol. The van der Waals surface area contributed by atoms with Crippen molar-refractivity contribution in [3.8, 4) is 0 Å². The van der Waals surface area contributed by atoms with Crippen LogP contribution in [0.2, 0.25) is 0 Å². The Labute approximate surface area is 112 Å². The number of hydrogen-bond acceptors (Lipinski definition) is 3. The number of urea groups is 1. The Bertz CT molecular complexity index is 554. The highest BCUT2D eigenvalue weighted by Gasteiger charge is 2.47. The van der Waals surface area contributed by atoms with E-state index in [1.54, 1.807) is 0 Å². The van der Waals surface area contributed by atoms with Crippen molar-refractivity contribution < 1.29 is 9.59 Å². The maximum Gasteiger partial charge on any atom is 0.322 e. The number of nitrogens with two attached hydrogens (primary N) is 1. The van der Waals surface area contributed by atoms with Gasteiger partial charge in [-0.25, -0.2) is 4.79 Å². The zero-order chi connectivity index (χ0) is 14.2. The van der Waals surface area contributed by atoms with Gasteiger partial charge in [0.2, 0.25) is 0 Å². The van der Waals surface area contributed by atoms with Crippen molar-refractivity contribution in [1.82, 2.24) is 10.6 Å². The first kappa shape index (κ1) is 13.5. The van der Waals surface area contributed by atoms with E-state index < -0.39 is 11.6 Å². The van der Waals surface area contributed by atoms with Crippen LogP contribution in [0.15, 0.2) is 12.1 Å². The van der Waals surface area contributed by atoms with Gasteiger partial charge in [-0.15, -0.1) is 0 Å². The summed E-state index contributed by atoms with van der Waals surface area (Å²) in [6.45, 7) is 6.27. The van der Waals surface area contributed by atoms with Gasteiger partial charge in [0.15, 0.2) is 0 Å². The Hall–Kier alpha value is -1.88. The first-order chi connectivity index (χ1) is 8.90. The molecule has 0 bridgehead atoms. The molecule has 1 aromatic carbocycles. The molecule has 19 heavy (non-hydrogen) atoms. The molecule has 0 aliphatic carbocycles. The van der Waals surface area contributed by atoms with E-state index in [9.17, 15) is 9.59 Å². The molecule has 0 aromatic heterocycles. The van der Waals surface area contributed by atoms with Crippen LogP contribution in [-0.4, -0.2) is 18.5 Å². The summed E-state index contributed by atoms with van der Waals surface area (Å²) in [5.74, 6) is -0.325. The number of hydrogen-bond donors (Lipinski definition) is 3. The van der Waals surface area contributed by atoms with E-state index in [-0.39, 0.29) is 5.91 Å². The lowest BCUT2D eigenvalue weighted by molar-refractivity contribution is -0.124. The van der Waals surface area contributed by atoms with E-state index in [2.05, 4.69) is 10.6 Å². The van der Waals surface area contributed by atoms with Gasteiger partial charge in [-0.2, -0.15) is 0 Å². The van der Waals surface area contributed by atoms with E-state index in [0.717, 1.165) is 22.3 Å². The second kappa shape index (κ2) is 4.66. The van der Waals surface area contributed by atoms with Crippen LogP contribution in [0.4, 0.5) is 4.79 Å². The van der Waals surface area contributed by atoms with Crippen molar-refractivity contribution >= 4 is 11.9 Å². The number of rotatable bonds is 3. The summed E-state index contributed by atoms with van der Waals surface area (Å²) in [7, 11) is 0. The van der Waals surface area contributed by atoms with Crippen molar-refractivity contribution in [2.75, 3.05) is 6.54 Å². The summed E-state index contributed by atoms with van der Waals surface area (Å²) < 4.78 is 0. The Balaban J connectivity index is 2.60. The number of nitrogens with one attached hydrogen (secondary N) is 2. The fourth-order valence-electron chi connectivity index (χ4n) is 2.63. The molecule has 0 spiro atoms. The molecule has 3 amide bonds. The minimum Gasteiger partial charge on any atom is -0.330 e. The van der Waals surface area contributed by atoms with Crippen molar-refractivity contribution in [3.05, 3.63) is 34.4 Å². The van der Waals surface area contributed by atoms with Gasteiger partial charge in [-0.3, -0.25) is 10.1 Å². The minimum atomic E-state index is -1.03. The molecule has 0 radical (unpaired) electrons. The van der Waals surface area contributed by atoms with Crippen LogP contribution in [0.3, 0.4) is 0 Å². The average Bonchev–Trinajstić information content (AvgIpc) is 2.60. The summed E-state index contributed by atoms with van der Waals surface area (Å²) in [6.07, 6.45) is 0.383. The monoisotopic (exact) mass is 261 g/mol. The first-order valence-corrected chi connectivity index (χ1v) is 6.32. The van der Waals surface area contributed by atoms with E-state index in [4.69, 9.17) is 5.73 Å². The van der Waals surface area contributed by atoms with Crippen molar-refractivity contribution in [2.24, 2.45) is 5.73 Å². The fourth-order valence-corrected chi connectivity index (χ4v) is 2.63. The molecule has 5 nitrogen and oxygen atoms in total. The van der Waals surface area contributed by atoms with Gasteiger partial charge < -0.3 is 11.1 Å². The van der Waals surface area contributed by atoms with Crippen LogP contribution in [0.5, 0.6) is 0 Å². The van der Waals surface area contributed by atoms with E-state index in [0.29, 0.717) is 13.0 Å². The molecule has 102 valence electrons. The van der Waals surface area contributed by atoms with Gasteiger partial charge in [-0.05, 0) is 56.0 Å². The first-order valence-electron chi connectivity index (χ1n) is 6.32. The van der Waals surface area contributed by atoms with E-state index in [1.165, 1.54) is 0 Å². The van der Waals surface area contributed by atoms with Crippen LogP contribution in [-0.2, 0) is 10.3 Å². The molecule has 1 unspecified atom stereocenters. The highest BCUT2D eigenvalue weighted by Crippen LogP contribution is 2.32. The van der Waals surface area contributed by atoms with Gasteiger partial charge in [0.05, 0.1) is 0 Å². The van der Waals surface area contributed by atoms with E-state index >= 15 is 0 Å². The molecule has 4 N–H and O–H groups in total. The van der Waals surface area contributed by atoms with Crippen molar-refractivity contribution in [2.45, 2.75) is 32.7 Å². The lowest BCUT2D eigenvalue weighted by Crippen LogP contribution is -2.46. The summed E-state index contributed by atoms with van der Waals surface area (Å²) in [5, 5.41) is 5.05. The zero-order valence-corrected chi connectivity index (χ0v) is 11.5. The van der Waals surface area contributed by atoms with E-state index in [1.807, 2.05) is 32.9 Å². The summed E-state index contributed by atoms with van der Waals surface area (Å²) in [6, 6.07) is 3.53. The molecule has 1 atom stereocenters. The predicted molar refractivity (Wildman–Crippen MR) is 72.7 cm³/mol. The maximum atomic E-state index is 12.2. The third-order valence-corrected chi connectivity index (χ3v) is 3.76. The Morgan fingerprint density at radius 1 is 1.11 bits per heavy atom. The maximum absolute atomic E-state index is 12.2. The van der Waals surface area contributed by atoms with Gasteiger partial charge in [0.1, 0.15) is 5.54 Å². The van der Waals surface area contributed by atoms with Gasteiger partial charge >= 0.3 is 6.03 Å². The number of amides is 3. The smallest absolute Gasteiger partial charge is 0.322 e. The number of aryl methyl sites for hydroxylation is 3. The minimum absolute atomic E-state index is 0.320. The summed E-state index contributed by atoms with van der Waals surface area (Å²) >= 11 is 0. The molecular formula is C14H19N3O2. The standard InChI is InChI=1S/C14H19N3O2/c1-8-6-10(3)11(7-9(8)2)14(4-5-15)12(18)16-13(19)17-14/h6-7H,4-5,15H2,1-3H3,(H2,16,17,18,19). The topological polar surface area (TPSA) is 84.2 Å². The highest BCUT2D eigenvalue weighted by atomic mass is 16.2. The van der Waals surface area contributed by atoms with Crippen LogP contribution >= 0.6 is 0 Å². The van der Waals surface area contributed by atoms with Gasteiger partial charge in [0, 0.05) is 0 Å². The molecule has 2 rings (SSSR count). The van der Waals surface area contributed by atoms with Gasteiger partial charge in [0.25, 0.3) is 5.91 Å².